The fourth-order valence-corrected chi connectivity index (χ4v) is 3.11. The molecule has 4 N–H and O–H groups in total. The maximum Gasteiger partial charge on any atom is 0.257 e. The number of carbonyl (C=O) groups excluding carboxylic acids is 2. The normalized spacial score (nSPS) is 17.8. The molecule has 0 spiro atoms. The van der Waals surface area contributed by atoms with Gasteiger partial charge in [0.15, 0.2) is 0 Å². The molecular weight excluding hydrogens is 334 g/mol. The van der Waals surface area contributed by atoms with Crippen molar-refractivity contribution in [2.24, 2.45) is 0 Å². The van der Waals surface area contributed by atoms with Gasteiger partial charge in [0, 0.05) is 13.2 Å². The second-order valence-corrected chi connectivity index (χ2v) is 6.34. The largest absolute Gasteiger partial charge is 0.376 e. The maximum absolute atomic E-state index is 12.7. The van der Waals surface area contributed by atoms with Gasteiger partial charge in [0.2, 0.25) is 5.91 Å². The van der Waals surface area contributed by atoms with E-state index in [4.69, 9.17) is 9.94 Å². The number of hydroxylamine groups is 1. The van der Waals surface area contributed by atoms with Gasteiger partial charge in [-0.25, -0.2) is 5.48 Å². The van der Waals surface area contributed by atoms with Gasteiger partial charge in [-0.1, -0.05) is 36.4 Å². The van der Waals surface area contributed by atoms with Crippen molar-refractivity contribution in [3.8, 4) is 0 Å². The summed E-state index contributed by atoms with van der Waals surface area (Å²) in [5.41, 5.74) is 2.31. The van der Waals surface area contributed by atoms with Crippen molar-refractivity contribution in [1.29, 1.82) is 0 Å². The minimum Gasteiger partial charge on any atom is -0.376 e. The summed E-state index contributed by atoms with van der Waals surface area (Å²) in [6.45, 7) is 0.988. The minimum absolute atomic E-state index is 0.0388. The molecule has 26 heavy (non-hydrogen) atoms. The first-order valence-corrected chi connectivity index (χ1v) is 8.71. The lowest BCUT2D eigenvalue weighted by atomic mass is 10.0. The molecule has 0 saturated carbocycles. The summed E-state index contributed by atoms with van der Waals surface area (Å²) >= 11 is 0. The fraction of sp³-hybridized carbons (Fsp3) is 0.368. The molecule has 2 unspecified atom stereocenters. The summed E-state index contributed by atoms with van der Waals surface area (Å²) in [6, 6.07) is 12.9. The van der Waals surface area contributed by atoms with E-state index in [0.717, 1.165) is 35.8 Å². The van der Waals surface area contributed by atoms with Crippen molar-refractivity contribution >= 4 is 22.6 Å². The lowest BCUT2D eigenvalue weighted by Crippen LogP contribution is -2.43. The van der Waals surface area contributed by atoms with Crippen LogP contribution in [0.2, 0.25) is 0 Å². The van der Waals surface area contributed by atoms with Crippen LogP contribution in [0.4, 0.5) is 0 Å². The Morgan fingerprint density at radius 1 is 1.19 bits per heavy atom. The topological polar surface area (TPSA) is 99.7 Å². The SMILES string of the molecule is O=C(CNC(C(=O)NCC1CCCO1)c1ccc2ccccc2c1)NO. The molecule has 2 aromatic carbocycles. The Kier molecular flexibility index (Phi) is 6.17. The van der Waals surface area contributed by atoms with Crippen molar-refractivity contribution in [2.45, 2.75) is 25.0 Å². The van der Waals surface area contributed by atoms with Gasteiger partial charge < -0.3 is 10.1 Å². The van der Waals surface area contributed by atoms with Crippen LogP contribution in [-0.2, 0) is 14.3 Å². The van der Waals surface area contributed by atoms with Gasteiger partial charge in [0.1, 0.15) is 6.04 Å². The van der Waals surface area contributed by atoms with Crippen molar-refractivity contribution in [3.63, 3.8) is 0 Å². The Morgan fingerprint density at radius 2 is 2.00 bits per heavy atom. The monoisotopic (exact) mass is 357 g/mol. The van der Waals surface area contributed by atoms with Crippen LogP contribution in [0.25, 0.3) is 10.8 Å². The summed E-state index contributed by atoms with van der Waals surface area (Å²) in [4.78, 5) is 24.1. The summed E-state index contributed by atoms with van der Waals surface area (Å²) < 4.78 is 5.53. The summed E-state index contributed by atoms with van der Waals surface area (Å²) in [5, 5.41) is 16.6. The van der Waals surface area contributed by atoms with E-state index in [-0.39, 0.29) is 18.6 Å². The van der Waals surface area contributed by atoms with Gasteiger partial charge in [0.25, 0.3) is 5.91 Å². The van der Waals surface area contributed by atoms with Crippen LogP contribution in [0.5, 0.6) is 0 Å². The molecule has 0 bridgehead atoms. The van der Waals surface area contributed by atoms with Crippen molar-refractivity contribution in [1.82, 2.24) is 16.1 Å². The summed E-state index contributed by atoms with van der Waals surface area (Å²) in [7, 11) is 0. The van der Waals surface area contributed by atoms with Crippen LogP contribution in [0.1, 0.15) is 24.4 Å². The molecule has 0 radical (unpaired) electrons. The molecule has 0 aromatic heterocycles. The standard InChI is InChI=1S/C19H23N3O4/c23-17(22-25)12-20-18(19(24)21-11-16-6-3-9-26-16)15-8-7-13-4-1-2-5-14(13)10-15/h1-2,4-5,7-8,10,16,18,20,25H,3,6,9,11-12H2,(H,21,24)(H,22,23). The van der Waals surface area contributed by atoms with E-state index in [2.05, 4.69) is 10.6 Å². The number of hydrogen-bond acceptors (Lipinski definition) is 5. The summed E-state index contributed by atoms with van der Waals surface area (Å²) in [5.74, 6) is -0.843. The van der Waals surface area contributed by atoms with Crippen LogP contribution in [-0.4, -0.2) is 42.8 Å². The van der Waals surface area contributed by atoms with Gasteiger partial charge in [-0.2, -0.15) is 0 Å². The second-order valence-electron chi connectivity index (χ2n) is 6.34. The summed E-state index contributed by atoms with van der Waals surface area (Å²) in [6.07, 6.45) is 1.97. The van der Waals surface area contributed by atoms with Crippen LogP contribution < -0.4 is 16.1 Å². The third-order valence-electron chi connectivity index (χ3n) is 4.49. The van der Waals surface area contributed by atoms with Gasteiger partial charge in [0.05, 0.1) is 12.6 Å². The molecule has 7 nitrogen and oxygen atoms in total. The molecule has 2 aromatic rings. The van der Waals surface area contributed by atoms with Crippen molar-refractivity contribution in [3.05, 3.63) is 48.0 Å². The molecule has 2 amide bonds. The van der Waals surface area contributed by atoms with Crippen molar-refractivity contribution < 1.29 is 19.5 Å². The Hall–Kier alpha value is -2.48. The molecule has 0 aliphatic carbocycles. The Balaban J connectivity index is 1.76. The maximum atomic E-state index is 12.7. The molecule has 1 aliphatic heterocycles. The average Bonchev–Trinajstić information content (AvgIpc) is 3.19. The van der Waals surface area contributed by atoms with E-state index >= 15 is 0 Å². The van der Waals surface area contributed by atoms with E-state index < -0.39 is 11.9 Å². The molecule has 1 saturated heterocycles. The molecule has 1 aliphatic rings. The predicted octanol–water partition coefficient (Wildman–Crippen LogP) is 1.27. The smallest absolute Gasteiger partial charge is 0.257 e. The Labute approximate surface area is 151 Å². The number of ether oxygens (including phenoxy) is 1. The van der Waals surface area contributed by atoms with E-state index in [1.54, 1.807) is 5.48 Å². The number of rotatable bonds is 7. The second kappa shape index (κ2) is 8.75. The highest BCUT2D eigenvalue weighted by molar-refractivity contribution is 5.88. The quantitative estimate of drug-likeness (QED) is 0.442. The molecule has 3 rings (SSSR count). The third kappa shape index (κ3) is 4.57. The number of carbonyl (C=O) groups is 2. The Morgan fingerprint density at radius 3 is 2.73 bits per heavy atom. The zero-order valence-corrected chi connectivity index (χ0v) is 14.4. The number of fused-ring (bicyclic) bond motifs is 1. The van der Waals surface area contributed by atoms with E-state index in [1.807, 2.05) is 42.5 Å². The third-order valence-corrected chi connectivity index (χ3v) is 4.49. The zero-order valence-electron chi connectivity index (χ0n) is 14.4. The van der Waals surface area contributed by atoms with Gasteiger partial charge in [-0.3, -0.25) is 20.1 Å². The van der Waals surface area contributed by atoms with Crippen LogP contribution in [0.3, 0.4) is 0 Å². The van der Waals surface area contributed by atoms with Crippen LogP contribution >= 0.6 is 0 Å². The van der Waals surface area contributed by atoms with Gasteiger partial charge in [-0.05, 0) is 35.2 Å². The molecule has 2 atom stereocenters. The first-order chi connectivity index (χ1) is 12.7. The highest BCUT2D eigenvalue weighted by atomic mass is 16.5. The lowest BCUT2D eigenvalue weighted by Gasteiger charge is -2.20. The first kappa shape index (κ1) is 18.3. The molecule has 7 heteroatoms. The molecule has 1 heterocycles. The fourth-order valence-electron chi connectivity index (χ4n) is 3.11. The number of benzene rings is 2. The van der Waals surface area contributed by atoms with Gasteiger partial charge >= 0.3 is 0 Å². The molecule has 138 valence electrons. The molecule has 1 fully saturated rings. The van der Waals surface area contributed by atoms with E-state index in [1.165, 1.54) is 0 Å². The number of amides is 2. The van der Waals surface area contributed by atoms with Crippen LogP contribution in [0.15, 0.2) is 42.5 Å². The highest BCUT2D eigenvalue weighted by Gasteiger charge is 2.23. The number of hydrogen-bond donors (Lipinski definition) is 4. The highest BCUT2D eigenvalue weighted by Crippen LogP contribution is 2.21. The van der Waals surface area contributed by atoms with E-state index in [0.29, 0.717) is 6.54 Å². The lowest BCUT2D eigenvalue weighted by molar-refractivity contribution is -0.129. The van der Waals surface area contributed by atoms with Gasteiger partial charge in [-0.15, -0.1) is 0 Å². The Bertz CT molecular complexity index is 774. The number of nitrogens with one attached hydrogen (secondary N) is 3. The molecular formula is C19H23N3O4. The first-order valence-electron chi connectivity index (χ1n) is 8.71. The van der Waals surface area contributed by atoms with Crippen molar-refractivity contribution in [2.75, 3.05) is 19.7 Å². The minimum atomic E-state index is -0.710. The predicted molar refractivity (Wildman–Crippen MR) is 96.6 cm³/mol. The zero-order chi connectivity index (χ0) is 18.4. The van der Waals surface area contributed by atoms with E-state index in [9.17, 15) is 9.59 Å². The average molecular weight is 357 g/mol. The van der Waals surface area contributed by atoms with Crippen LogP contribution in [0, 0.1) is 0 Å².